The summed E-state index contributed by atoms with van der Waals surface area (Å²) in [6.45, 7) is 6.42. The molecule has 67 heavy (non-hydrogen) atoms. The third kappa shape index (κ3) is 53.2. The number of unbranched alkanes of at least 4 members (excludes halogenated alkanes) is 22. The molecule has 1 atom stereocenters. The van der Waals surface area contributed by atoms with Crippen molar-refractivity contribution in [2.45, 2.75) is 258 Å². The van der Waals surface area contributed by atoms with Gasteiger partial charge in [0.2, 0.25) is 0 Å². The fourth-order valence-electron chi connectivity index (χ4n) is 7.37. The molecule has 0 saturated heterocycles. The molecule has 6 nitrogen and oxygen atoms in total. The molecule has 0 saturated carbocycles. The molecule has 0 rings (SSSR count). The summed E-state index contributed by atoms with van der Waals surface area (Å²) in [6, 6.07) is 0. The van der Waals surface area contributed by atoms with E-state index in [1.165, 1.54) is 116 Å². The smallest absolute Gasteiger partial charge is 0.306 e. The maximum atomic E-state index is 12.8. The maximum absolute atomic E-state index is 12.8. The van der Waals surface area contributed by atoms with E-state index in [-0.39, 0.29) is 37.5 Å². The third-order valence-electron chi connectivity index (χ3n) is 11.5. The van der Waals surface area contributed by atoms with Crippen LogP contribution in [0, 0.1) is 0 Å². The molecule has 0 aromatic carbocycles. The first-order chi connectivity index (χ1) is 33.0. The summed E-state index contributed by atoms with van der Waals surface area (Å²) in [5.74, 6) is -0.995. The van der Waals surface area contributed by atoms with Gasteiger partial charge >= 0.3 is 17.9 Å². The van der Waals surface area contributed by atoms with Crippen LogP contribution in [0.25, 0.3) is 0 Å². The SMILES string of the molecule is CC/C=C\C/C=C\C/C=C\C/C=C\CCCCC(=O)O[C@H](COC(=O)CCCC/C=C\C/C=C\C/C=C\CCCCC)COC(=O)CCCCCCCCC/C=C\CCCCCCCCCC. The zero-order chi connectivity index (χ0) is 48.6. The molecule has 0 fully saturated rings. The highest BCUT2D eigenvalue weighted by atomic mass is 16.6. The molecular formula is C61H102O6. The van der Waals surface area contributed by atoms with Crippen LogP contribution in [-0.4, -0.2) is 37.2 Å². The predicted molar refractivity (Wildman–Crippen MR) is 288 cm³/mol. The van der Waals surface area contributed by atoms with E-state index in [1.54, 1.807) is 0 Å². The van der Waals surface area contributed by atoms with E-state index in [0.29, 0.717) is 19.3 Å². The lowest BCUT2D eigenvalue weighted by Gasteiger charge is -2.18. The quantitative estimate of drug-likeness (QED) is 0.0262. The minimum absolute atomic E-state index is 0.109. The highest BCUT2D eigenvalue weighted by Gasteiger charge is 2.19. The molecule has 6 heteroatoms. The Morgan fingerprint density at radius 3 is 0.985 bits per heavy atom. The van der Waals surface area contributed by atoms with Gasteiger partial charge in [0, 0.05) is 19.3 Å². The van der Waals surface area contributed by atoms with Gasteiger partial charge in [-0.25, -0.2) is 0 Å². The number of hydrogen-bond donors (Lipinski definition) is 0. The van der Waals surface area contributed by atoms with E-state index in [1.807, 2.05) is 0 Å². The van der Waals surface area contributed by atoms with Crippen molar-refractivity contribution in [3.8, 4) is 0 Å². The molecule has 0 aliphatic heterocycles. The second-order valence-electron chi connectivity index (χ2n) is 18.1. The van der Waals surface area contributed by atoms with Gasteiger partial charge in [0.05, 0.1) is 0 Å². The number of esters is 3. The summed E-state index contributed by atoms with van der Waals surface area (Å²) in [6.07, 6.45) is 72.6. The zero-order valence-corrected chi connectivity index (χ0v) is 43.6. The molecule has 0 N–H and O–H groups in total. The van der Waals surface area contributed by atoms with E-state index in [9.17, 15) is 14.4 Å². The zero-order valence-electron chi connectivity index (χ0n) is 43.6. The van der Waals surface area contributed by atoms with Crippen LogP contribution in [0.15, 0.2) is 97.2 Å². The molecule has 0 spiro atoms. The van der Waals surface area contributed by atoms with E-state index in [2.05, 4.69) is 118 Å². The van der Waals surface area contributed by atoms with E-state index >= 15 is 0 Å². The maximum Gasteiger partial charge on any atom is 0.306 e. The van der Waals surface area contributed by atoms with Crippen LogP contribution in [0.5, 0.6) is 0 Å². The lowest BCUT2D eigenvalue weighted by atomic mass is 10.1. The van der Waals surface area contributed by atoms with Crippen molar-refractivity contribution in [2.24, 2.45) is 0 Å². The van der Waals surface area contributed by atoms with Crippen molar-refractivity contribution in [3.05, 3.63) is 97.2 Å². The summed E-state index contributed by atoms with van der Waals surface area (Å²) >= 11 is 0. The molecule has 0 radical (unpaired) electrons. The van der Waals surface area contributed by atoms with Crippen molar-refractivity contribution < 1.29 is 28.6 Å². The van der Waals surface area contributed by atoms with Crippen molar-refractivity contribution in [1.82, 2.24) is 0 Å². The number of carbonyl (C=O) groups is 3. The number of carbonyl (C=O) groups excluding carboxylic acids is 3. The Labute approximate surface area is 413 Å². The van der Waals surface area contributed by atoms with Gasteiger partial charge in [-0.05, 0) is 122 Å². The highest BCUT2D eigenvalue weighted by molar-refractivity contribution is 5.71. The molecule has 0 unspecified atom stereocenters. The largest absolute Gasteiger partial charge is 0.462 e. The first kappa shape index (κ1) is 63.3. The number of hydrogen-bond acceptors (Lipinski definition) is 6. The van der Waals surface area contributed by atoms with Gasteiger partial charge in [0.25, 0.3) is 0 Å². The molecule has 0 aliphatic rings. The fraction of sp³-hybridized carbons (Fsp3) is 0.689. The minimum Gasteiger partial charge on any atom is -0.462 e. The van der Waals surface area contributed by atoms with Crippen molar-refractivity contribution in [1.29, 1.82) is 0 Å². The van der Waals surface area contributed by atoms with Crippen LogP contribution in [0.3, 0.4) is 0 Å². The summed E-state index contributed by atoms with van der Waals surface area (Å²) in [4.78, 5) is 38.1. The van der Waals surface area contributed by atoms with Gasteiger partial charge in [-0.2, -0.15) is 0 Å². The van der Waals surface area contributed by atoms with Crippen molar-refractivity contribution in [3.63, 3.8) is 0 Å². The Hall–Kier alpha value is -3.67. The molecule has 0 aromatic rings. The van der Waals surface area contributed by atoms with Crippen LogP contribution in [-0.2, 0) is 28.6 Å². The first-order valence-electron chi connectivity index (χ1n) is 27.7. The number of rotatable bonds is 49. The van der Waals surface area contributed by atoms with Crippen LogP contribution in [0.2, 0.25) is 0 Å². The Morgan fingerprint density at radius 1 is 0.313 bits per heavy atom. The number of ether oxygens (including phenoxy) is 3. The Morgan fingerprint density at radius 2 is 0.582 bits per heavy atom. The van der Waals surface area contributed by atoms with Crippen LogP contribution < -0.4 is 0 Å². The van der Waals surface area contributed by atoms with Crippen molar-refractivity contribution in [2.75, 3.05) is 13.2 Å². The van der Waals surface area contributed by atoms with E-state index in [4.69, 9.17) is 14.2 Å². The molecule has 0 aromatic heterocycles. The average Bonchev–Trinajstić information content (AvgIpc) is 3.33. The second kappa shape index (κ2) is 54.9. The standard InChI is InChI=1S/C61H102O6/c1-4-7-10-13-16-19-22-25-28-29-30-31-34-36-39-42-45-48-51-54-60(63)66-57-58(67-61(64)55-52-49-46-43-40-37-33-27-24-21-18-15-12-9-6-3)56-65-59(62)53-50-47-44-41-38-35-32-26-23-20-17-14-11-8-5-2/h9,12,17-18,20-21,26-27,29-30,32-33,38,40-41,43,58H,4-8,10-11,13-16,19,22-25,28,31,34-37,39,42,44-57H2,1-3H3/b12-9-,20-17-,21-18-,30-29-,32-26-,33-27-,41-38-,43-40-/t58-/m1/s1. The predicted octanol–water partition coefficient (Wildman–Crippen LogP) is 18.5. The topological polar surface area (TPSA) is 78.9 Å². The summed E-state index contributed by atoms with van der Waals surface area (Å²) < 4.78 is 16.8. The Bertz CT molecular complexity index is 1350. The molecule has 0 bridgehead atoms. The van der Waals surface area contributed by atoms with Gasteiger partial charge in [0.15, 0.2) is 6.10 Å². The lowest BCUT2D eigenvalue weighted by Crippen LogP contribution is -2.30. The Balaban J connectivity index is 4.49. The summed E-state index contributed by atoms with van der Waals surface area (Å²) in [7, 11) is 0. The monoisotopic (exact) mass is 931 g/mol. The Kier molecular flexibility index (Phi) is 51.9. The molecular weight excluding hydrogens is 829 g/mol. The number of allylic oxidation sites excluding steroid dienone is 16. The summed E-state index contributed by atoms with van der Waals surface area (Å²) in [5.41, 5.74) is 0. The van der Waals surface area contributed by atoms with Gasteiger partial charge in [-0.3, -0.25) is 14.4 Å². The highest BCUT2D eigenvalue weighted by Crippen LogP contribution is 2.14. The molecule has 382 valence electrons. The molecule has 0 aliphatic carbocycles. The second-order valence-corrected chi connectivity index (χ2v) is 18.1. The van der Waals surface area contributed by atoms with Crippen LogP contribution in [0.4, 0.5) is 0 Å². The van der Waals surface area contributed by atoms with Gasteiger partial charge in [0.1, 0.15) is 13.2 Å². The van der Waals surface area contributed by atoms with Crippen molar-refractivity contribution >= 4 is 17.9 Å². The first-order valence-corrected chi connectivity index (χ1v) is 27.7. The average molecular weight is 931 g/mol. The normalized spacial score (nSPS) is 12.8. The van der Waals surface area contributed by atoms with Gasteiger partial charge in [-0.1, -0.05) is 208 Å². The van der Waals surface area contributed by atoms with Gasteiger partial charge < -0.3 is 14.2 Å². The van der Waals surface area contributed by atoms with E-state index < -0.39 is 6.10 Å². The van der Waals surface area contributed by atoms with Crippen LogP contribution >= 0.6 is 0 Å². The summed E-state index contributed by atoms with van der Waals surface area (Å²) in [5, 5.41) is 0. The third-order valence-corrected chi connectivity index (χ3v) is 11.5. The fourth-order valence-corrected chi connectivity index (χ4v) is 7.37. The lowest BCUT2D eigenvalue weighted by molar-refractivity contribution is -0.167. The molecule has 0 amide bonds. The van der Waals surface area contributed by atoms with Crippen LogP contribution in [0.1, 0.15) is 252 Å². The minimum atomic E-state index is -0.817. The van der Waals surface area contributed by atoms with E-state index in [0.717, 1.165) is 89.9 Å². The van der Waals surface area contributed by atoms with Gasteiger partial charge in [-0.15, -0.1) is 0 Å². The molecule has 0 heterocycles.